The minimum absolute atomic E-state index is 0.0989. The Labute approximate surface area is 113 Å². The average Bonchev–Trinajstić information content (AvgIpc) is 2.73. The average molecular weight is 278 g/mol. The Kier molecular flexibility index (Phi) is 2.74. The van der Waals surface area contributed by atoms with Crippen LogP contribution in [0.2, 0.25) is 0 Å². The molecule has 0 radical (unpaired) electrons. The molecule has 0 amide bonds. The SMILES string of the molecule is Cc1nc2nc(C)c3c(=O)n(CCCl)ccc3n2n1. The molecule has 0 aliphatic heterocycles. The minimum Gasteiger partial charge on any atom is -0.314 e. The summed E-state index contributed by atoms with van der Waals surface area (Å²) in [5.74, 6) is 1.53. The van der Waals surface area contributed by atoms with Crippen LogP contribution in [0.4, 0.5) is 0 Å². The van der Waals surface area contributed by atoms with Gasteiger partial charge in [-0.1, -0.05) is 0 Å². The van der Waals surface area contributed by atoms with Crippen molar-refractivity contribution in [2.75, 3.05) is 5.88 Å². The number of aromatic nitrogens is 5. The van der Waals surface area contributed by atoms with E-state index in [0.29, 0.717) is 35.1 Å². The predicted octanol–water partition coefficient (Wildman–Crippen LogP) is 1.29. The molecule has 3 aromatic heterocycles. The molecule has 0 saturated heterocycles. The van der Waals surface area contributed by atoms with Gasteiger partial charge in [-0.05, 0) is 19.9 Å². The van der Waals surface area contributed by atoms with Gasteiger partial charge in [0.25, 0.3) is 11.3 Å². The summed E-state index contributed by atoms with van der Waals surface area (Å²) >= 11 is 5.69. The van der Waals surface area contributed by atoms with E-state index >= 15 is 0 Å². The van der Waals surface area contributed by atoms with Crippen LogP contribution in [0.1, 0.15) is 11.5 Å². The van der Waals surface area contributed by atoms with Gasteiger partial charge in [-0.25, -0.2) is 4.98 Å². The van der Waals surface area contributed by atoms with Gasteiger partial charge in [-0.15, -0.1) is 16.7 Å². The van der Waals surface area contributed by atoms with Crippen LogP contribution >= 0.6 is 11.6 Å². The number of fused-ring (bicyclic) bond motifs is 3. The molecule has 98 valence electrons. The zero-order chi connectivity index (χ0) is 13.6. The lowest BCUT2D eigenvalue weighted by atomic mass is 10.2. The van der Waals surface area contributed by atoms with E-state index < -0.39 is 0 Å². The van der Waals surface area contributed by atoms with Gasteiger partial charge in [0.15, 0.2) is 0 Å². The number of rotatable bonds is 2. The van der Waals surface area contributed by atoms with Crippen LogP contribution in [0, 0.1) is 13.8 Å². The van der Waals surface area contributed by atoms with E-state index in [2.05, 4.69) is 15.1 Å². The van der Waals surface area contributed by atoms with Crippen LogP contribution in [-0.4, -0.2) is 30.0 Å². The third kappa shape index (κ3) is 1.79. The summed E-state index contributed by atoms with van der Waals surface area (Å²) in [6.07, 6.45) is 1.73. The molecule has 0 spiro atoms. The van der Waals surface area contributed by atoms with Gasteiger partial charge in [0.05, 0.1) is 16.6 Å². The molecule has 3 rings (SSSR count). The number of nitrogens with zero attached hydrogens (tertiary/aromatic N) is 5. The molecular weight excluding hydrogens is 266 g/mol. The first-order chi connectivity index (χ1) is 9.11. The molecule has 3 heterocycles. The number of halogens is 1. The summed E-state index contributed by atoms with van der Waals surface area (Å²) in [5, 5.41) is 4.83. The van der Waals surface area contributed by atoms with Crippen molar-refractivity contribution in [3.05, 3.63) is 34.1 Å². The Hall–Kier alpha value is -1.95. The smallest absolute Gasteiger partial charge is 0.261 e. The summed E-state index contributed by atoms with van der Waals surface area (Å²) in [7, 11) is 0. The summed E-state index contributed by atoms with van der Waals surface area (Å²) in [5.41, 5.74) is 1.28. The quantitative estimate of drug-likeness (QED) is 0.662. The molecule has 0 fully saturated rings. The fourth-order valence-electron chi connectivity index (χ4n) is 2.19. The highest BCUT2D eigenvalue weighted by molar-refractivity contribution is 6.17. The molecule has 0 aromatic carbocycles. The maximum Gasteiger partial charge on any atom is 0.261 e. The first-order valence-electron chi connectivity index (χ1n) is 5.91. The lowest BCUT2D eigenvalue weighted by Gasteiger charge is -2.07. The molecule has 0 aliphatic carbocycles. The van der Waals surface area contributed by atoms with Gasteiger partial charge < -0.3 is 4.57 Å². The van der Waals surface area contributed by atoms with Gasteiger partial charge in [0.2, 0.25) is 0 Å². The summed E-state index contributed by atoms with van der Waals surface area (Å²) < 4.78 is 3.18. The first-order valence-corrected chi connectivity index (χ1v) is 6.44. The monoisotopic (exact) mass is 277 g/mol. The number of aryl methyl sites for hydroxylation is 3. The maximum absolute atomic E-state index is 12.4. The van der Waals surface area contributed by atoms with E-state index in [1.165, 1.54) is 0 Å². The highest BCUT2D eigenvalue weighted by atomic mass is 35.5. The summed E-state index contributed by atoms with van der Waals surface area (Å²) in [6.45, 7) is 4.08. The van der Waals surface area contributed by atoms with E-state index in [1.54, 1.807) is 29.1 Å². The largest absolute Gasteiger partial charge is 0.314 e. The fourth-order valence-corrected chi connectivity index (χ4v) is 2.37. The highest BCUT2D eigenvalue weighted by Gasteiger charge is 2.12. The predicted molar refractivity (Wildman–Crippen MR) is 72.7 cm³/mol. The molecule has 0 N–H and O–H groups in total. The van der Waals surface area contributed by atoms with Crippen LogP contribution < -0.4 is 5.56 Å². The Balaban J connectivity index is 2.47. The van der Waals surface area contributed by atoms with Crippen LogP contribution in [0.25, 0.3) is 16.7 Å². The molecule has 7 heteroatoms. The van der Waals surface area contributed by atoms with Crippen molar-refractivity contribution in [1.82, 2.24) is 24.1 Å². The second-order valence-electron chi connectivity index (χ2n) is 4.33. The van der Waals surface area contributed by atoms with Crippen LogP contribution in [0.3, 0.4) is 0 Å². The van der Waals surface area contributed by atoms with Gasteiger partial charge in [-0.3, -0.25) is 4.79 Å². The molecule has 0 aliphatic rings. The first kappa shape index (κ1) is 12.1. The van der Waals surface area contributed by atoms with E-state index in [1.807, 2.05) is 6.07 Å². The Morgan fingerprint density at radius 3 is 2.84 bits per heavy atom. The molecule has 0 unspecified atom stereocenters. The highest BCUT2D eigenvalue weighted by Crippen LogP contribution is 2.14. The fraction of sp³-hybridized carbons (Fsp3) is 0.333. The van der Waals surface area contributed by atoms with Crippen molar-refractivity contribution in [2.24, 2.45) is 0 Å². The number of pyridine rings is 1. The third-order valence-corrected chi connectivity index (χ3v) is 3.19. The van der Waals surface area contributed by atoms with E-state index in [4.69, 9.17) is 11.6 Å². The molecular formula is C12H12ClN5O. The van der Waals surface area contributed by atoms with Crippen molar-refractivity contribution in [1.29, 1.82) is 0 Å². The molecule has 0 bridgehead atoms. The Morgan fingerprint density at radius 1 is 1.32 bits per heavy atom. The zero-order valence-electron chi connectivity index (χ0n) is 10.6. The standard InChI is InChI=1S/C12H12ClN5O/c1-7-10-9(3-5-17(6-4-13)11(10)19)18-12(14-7)15-8(2)16-18/h3,5H,4,6H2,1-2H3. The normalized spacial score (nSPS) is 11.5. The number of hydrogen-bond acceptors (Lipinski definition) is 4. The van der Waals surface area contributed by atoms with Crippen LogP contribution in [0.15, 0.2) is 17.1 Å². The Morgan fingerprint density at radius 2 is 2.11 bits per heavy atom. The van der Waals surface area contributed by atoms with Crippen molar-refractivity contribution in [2.45, 2.75) is 20.4 Å². The topological polar surface area (TPSA) is 65.1 Å². The van der Waals surface area contributed by atoms with Crippen LogP contribution in [0.5, 0.6) is 0 Å². The van der Waals surface area contributed by atoms with E-state index in [9.17, 15) is 4.79 Å². The van der Waals surface area contributed by atoms with Gasteiger partial charge in [-0.2, -0.15) is 9.50 Å². The lowest BCUT2D eigenvalue weighted by Crippen LogP contribution is -2.22. The number of alkyl halides is 1. The second-order valence-corrected chi connectivity index (χ2v) is 4.71. The lowest BCUT2D eigenvalue weighted by molar-refractivity contribution is 0.737. The van der Waals surface area contributed by atoms with Crippen molar-refractivity contribution < 1.29 is 0 Å². The van der Waals surface area contributed by atoms with E-state index in [-0.39, 0.29) is 5.56 Å². The van der Waals surface area contributed by atoms with Gasteiger partial charge in [0.1, 0.15) is 5.82 Å². The second kappa shape index (κ2) is 4.31. The maximum atomic E-state index is 12.4. The minimum atomic E-state index is -0.0989. The van der Waals surface area contributed by atoms with Crippen LogP contribution in [-0.2, 0) is 6.54 Å². The van der Waals surface area contributed by atoms with E-state index in [0.717, 1.165) is 5.52 Å². The molecule has 6 nitrogen and oxygen atoms in total. The van der Waals surface area contributed by atoms with Gasteiger partial charge >= 0.3 is 0 Å². The van der Waals surface area contributed by atoms with Crippen molar-refractivity contribution >= 4 is 28.3 Å². The zero-order valence-corrected chi connectivity index (χ0v) is 11.3. The number of hydrogen-bond donors (Lipinski definition) is 0. The summed E-state index contributed by atoms with van der Waals surface area (Å²) in [4.78, 5) is 20.9. The van der Waals surface area contributed by atoms with Crippen molar-refractivity contribution in [3.63, 3.8) is 0 Å². The summed E-state index contributed by atoms with van der Waals surface area (Å²) in [6, 6.07) is 1.85. The molecule has 0 atom stereocenters. The van der Waals surface area contributed by atoms with Crippen molar-refractivity contribution in [3.8, 4) is 0 Å². The molecule has 3 aromatic rings. The Bertz CT molecular complexity index is 835. The third-order valence-electron chi connectivity index (χ3n) is 3.02. The van der Waals surface area contributed by atoms with Gasteiger partial charge in [0, 0.05) is 18.6 Å². The molecule has 19 heavy (non-hydrogen) atoms. The molecule has 0 saturated carbocycles.